The number of pyridine rings is 1. The first-order valence-electron chi connectivity index (χ1n) is 6.18. The van der Waals surface area contributed by atoms with Crippen LogP contribution >= 0.6 is 11.3 Å². The largest absolute Gasteiger partial charge is 0.453 e. The van der Waals surface area contributed by atoms with Crippen molar-refractivity contribution < 1.29 is 9.21 Å². The van der Waals surface area contributed by atoms with E-state index < -0.39 is 0 Å². The molecular weight excluding hydrogens is 270 g/mol. The molecule has 96 valence electrons. The maximum absolute atomic E-state index is 12.5. The van der Waals surface area contributed by atoms with E-state index in [1.54, 1.807) is 23.6 Å². The van der Waals surface area contributed by atoms with Gasteiger partial charge in [0.25, 0.3) is 0 Å². The van der Waals surface area contributed by atoms with Gasteiger partial charge in [-0.2, -0.15) is 0 Å². The van der Waals surface area contributed by atoms with Gasteiger partial charge >= 0.3 is 0 Å². The number of aromatic nitrogens is 1. The lowest BCUT2D eigenvalue weighted by molar-refractivity contribution is 0.101. The van der Waals surface area contributed by atoms with Gasteiger partial charge in [0.2, 0.25) is 5.78 Å². The molecule has 0 unspecified atom stereocenters. The van der Waals surface area contributed by atoms with Crippen molar-refractivity contribution in [3.63, 3.8) is 0 Å². The van der Waals surface area contributed by atoms with Gasteiger partial charge in [-0.15, -0.1) is 11.3 Å². The number of furan rings is 1. The van der Waals surface area contributed by atoms with Crippen LogP contribution in [0.5, 0.6) is 0 Å². The molecule has 3 aromatic heterocycles. The van der Waals surface area contributed by atoms with E-state index in [0.29, 0.717) is 11.3 Å². The Morgan fingerprint density at radius 1 is 1.15 bits per heavy atom. The molecule has 1 aromatic carbocycles. The molecule has 0 bridgehead atoms. The minimum atomic E-state index is -0.135. The molecule has 3 nitrogen and oxygen atoms in total. The number of benzene rings is 1. The quantitative estimate of drug-likeness (QED) is 0.514. The summed E-state index contributed by atoms with van der Waals surface area (Å²) in [6.07, 6.45) is 1.60. The SMILES string of the molecule is O=C(c1cnc2ccsc2c1)c1cc2ccccc2o1. The van der Waals surface area contributed by atoms with E-state index in [1.165, 1.54) is 0 Å². The normalized spacial score (nSPS) is 11.2. The van der Waals surface area contributed by atoms with Gasteiger partial charge in [-0.3, -0.25) is 9.78 Å². The molecular formula is C16H9NO2S. The molecule has 0 amide bonds. The molecule has 0 aliphatic rings. The summed E-state index contributed by atoms with van der Waals surface area (Å²) in [7, 11) is 0. The summed E-state index contributed by atoms with van der Waals surface area (Å²) in [5.74, 6) is 0.216. The third-order valence-electron chi connectivity index (χ3n) is 3.21. The number of fused-ring (bicyclic) bond motifs is 2. The molecule has 4 rings (SSSR count). The van der Waals surface area contributed by atoms with Crippen LogP contribution in [0.1, 0.15) is 16.1 Å². The number of hydrogen-bond acceptors (Lipinski definition) is 4. The second kappa shape index (κ2) is 4.28. The van der Waals surface area contributed by atoms with Crippen LogP contribution in [-0.2, 0) is 0 Å². The van der Waals surface area contributed by atoms with E-state index in [4.69, 9.17) is 4.42 Å². The van der Waals surface area contributed by atoms with Gasteiger partial charge in [0.15, 0.2) is 5.76 Å². The van der Waals surface area contributed by atoms with Crippen molar-refractivity contribution in [3.8, 4) is 0 Å². The molecule has 3 heterocycles. The van der Waals surface area contributed by atoms with Crippen LogP contribution in [0.2, 0.25) is 0 Å². The Balaban J connectivity index is 1.82. The second-order valence-corrected chi connectivity index (χ2v) is 5.45. The van der Waals surface area contributed by atoms with Crippen LogP contribution in [-0.4, -0.2) is 10.8 Å². The molecule has 0 fully saturated rings. The van der Waals surface area contributed by atoms with E-state index in [0.717, 1.165) is 21.2 Å². The maximum Gasteiger partial charge on any atom is 0.229 e. The zero-order valence-electron chi connectivity index (χ0n) is 10.4. The standard InChI is InChI=1S/C16H9NO2S/c18-16(11-8-15-12(17-9-11)5-6-20-15)14-7-10-3-1-2-4-13(10)19-14/h1-9H. The first kappa shape index (κ1) is 11.4. The number of nitrogens with zero attached hydrogens (tertiary/aromatic N) is 1. The summed E-state index contributed by atoms with van der Waals surface area (Å²) >= 11 is 1.57. The Hall–Kier alpha value is -2.46. The molecule has 0 N–H and O–H groups in total. The lowest BCUT2D eigenvalue weighted by atomic mass is 10.1. The molecule has 0 saturated carbocycles. The Morgan fingerprint density at radius 3 is 2.95 bits per heavy atom. The van der Waals surface area contributed by atoms with E-state index in [9.17, 15) is 4.79 Å². The van der Waals surface area contributed by atoms with Crippen molar-refractivity contribution in [2.45, 2.75) is 0 Å². The fourth-order valence-electron chi connectivity index (χ4n) is 2.21. The summed E-state index contributed by atoms with van der Waals surface area (Å²) in [6, 6.07) is 13.2. The van der Waals surface area contributed by atoms with Crippen molar-refractivity contribution in [1.82, 2.24) is 4.98 Å². The molecule has 4 heteroatoms. The fourth-order valence-corrected chi connectivity index (χ4v) is 2.99. The smallest absolute Gasteiger partial charge is 0.229 e. The van der Waals surface area contributed by atoms with Gasteiger partial charge in [0, 0.05) is 17.1 Å². The molecule has 0 saturated heterocycles. The van der Waals surface area contributed by atoms with Crippen LogP contribution in [0.25, 0.3) is 21.2 Å². The lowest BCUT2D eigenvalue weighted by Gasteiger charge is -1.97. The summed E-state index contributed by atoms with van der Waals surface area (Å²) in [5.41, 5.74) is 2.19. The van der Waals surface area contributed by atoms with Crippen LogP contribution in [0.3, 0.4) is 0 Å². The van der Waals surface area contributed by atoms with Gasteiger partial charge < -0.3 is 4.42 Å². The van der Waals surface area contributed by atoms with Crippen molar-refractivity contribution in [2.24, 2.45) is 0 Å². The van der Waals surface area contributed by atoms with Crippen molar-refractivity contribution in [3.05, 3.63) is 65.4 Å². The van der Waals surface area contributed by atoms with Crippen LogP contribution in [0.4, 0.5) is 0 Å². The highest BCUT2D eigenvalue weighted by atomic mass is 32.1. The lowest BCUT2D eigenvalue weighted by Crippen LogP contribution is -1.99. The first-order chi connectivity index (χ1) is 9.81. The van der Waals surface area contributed by atoms with Gasteiger partial charge in [-0.1, -0.05) is 18.2 Å². The number of para-hydroxylation sites is 1. The molecule has 0 aliphatic heterocycles. The Morgan fingerprint density at radius 2 is 2.05 bits per heavy atom. The predicted molar refractivity (Wildman–Crippen MR) is 79.3 cm³/mol. The maximum atomic E-state index is 12.5. The molecule has 0 atom stereocenters. The predicted octanol–water partition coefficient (Wildman–Crippen LogP) is 4.27. The summed E-state index contributed by atoms with van der Waals surface area (Å²) in [6.45, 7) is 0. The van der Waals surface area contributed by atoms with Gasteiger partial charge in [0.1, 0.15) is 5.58 Å². The number of carbonyl (C=O) groups is 1. The highest BCUT2D eigenvalue weighted by molar-refractivity contribution is 7.17. The molecule has 0 radical (unpaired) electrons. The van der Waals surface area contributed by atoms with Crippen molar-refractivity contribution >= 4 is 38.3 Å². The molecule has 20 heavy (non-hydrogen) atoms. The summed E-state index contributed by atoms with van der Waals surface area (Å²) in [4.78, 5) is 16.7. The number of thiophene rings is 1. The number of hydrogen-bond donors (Lipinski definition) is 0. The topological polar surface area (TPSA) is 43.1 Å². The minimum Gasteiger partial charge on any atom is -0.453 e. The van der Waals surface area contributed by atoms with E-state index in [-0.39, 0.29) is 5.78 Å². The summed E-state index contributed by atoms with van der Waals surface area (Å²) < 4.78 is 6.61. The highest BCUT2D eigenvalue weighted by Crippen LogP contribution is 2.24. The van der Waals surface area contributed by atoms with E-state index in [2.05, 4.69) is 4.98 Å². The van der Waals surface area contributed by atoms with Gasteiger partial charge in [-0.25, -0.2) is 0 Å². The third kappa shape index (κ3) is 1.73. The van der Waals surface area contributed by atoms with Crippen molar-refractivity contribution in [2.75, 3.05) is 0 Å². The number of carbonyl (C=O) groups excluding carboxylic acids is 1. The Bertz CT molecular complexity index is 899. The monoisotopic (exact) mass is 279 g/mol. The van der Waals surface area contributed by atoms with Crippen LogP contribution in [0, 0.1) is 0 Å². The Labute approximate surface area is 118 Å². The van der Waals surface area contributed by atoms with E-state index in [1.807, 2.05) is 41.8 Å². The molecule has 0 spiro atoms. The minimum absolute atomic E-state index is 0.135. The summed E-state index contributed by atoms with van der Waals surface area (Å²) in [5, 5.41) is 2.90. The van der Waals surface area contributed by atoms with Crippen LogP contribution in [0.15, 0.2) is 58.5 Å². The molecule has 4 aromatic rings. The highest BCUT2D eigenvalue weighted by Gasteiger charge is 2.15. The number of ketones is 1. The van der Waals surface area contributed by atoms with Gasteiger partial charge in [0.05, 0.1) is 10.2 Å². The zero-order valence-corrected chi connectivity index (χ0v) is 11.2. The van der Waals surface area contributed by atoms with Crippen molar-refractivity contribution in [1.29, 1.82) is 0 Å². The number of rotatable bonds is 2. The third-order valence-corrected chi connectivity index (χ3v) is 4.07. The van der Waals surface area contributed by atoms with Gasteiger partial charge in [-0.05, 0) is 29.6 Å². The average Bonchev–Trinajstić information content (AvgIpc) is 3.11. The second-order valence-electron chi connectivity index (χ2n) is 4.51. The fraction of sp³-hybridized carbons (Fsp3) is 0. The zero-order chi connectivity index (χ0) is 13.5. The van der Waals surface area contributed by atoms with E-state index >= 15 is 0 Å². The Kier molecular flexibility index (Phi) is 2.44. The first-order valence-corrected chi connectivity index (χ1v) is 7.06. The average molecular weight is 279 g/mol. The van der Waals surface area contributed by atoms with Crippen LogP contribution < -0.4 is 0 Å². The molecule has 0 aliphatic carbocycles.